The summed E-state index contributed by atoms with van der Waals surface area (Å²) >= 11 is 7.94. The van der Waals surface area contributed by atoms with Crippen LogP contribution in [0.5, 0.6) is 0 Å². The quantitative estimate of drug-likeness (QED) is 0.852. The number of aromatic nitrogens is 1. The number of carbonyl (C=O) groups is 1. The first-order chi connectivity index (χ1) is 9.68. The molecule has 2 aromatic rings. The Labute approximate surface area is 126 Å². The van der Waals surface area contributed by atoms with Crippen LogP contribution < -0.4 is 0 Å². The van der Waals surface area contributed by atoms with E-state index < -0.39 is 0 Å². The molecule has 0 atom stereocenters. The number of hydrogen-bond acceptors (Lipinski definition) is 4. The number of aryl methyl sites for hydroxylation is 1. The number of carbonyl (C=O) groups excluding carboxylic acids is 1. The van der Waals surface area contributed by atoms with Crippen molar-refractivity contribution >= 4 is 29.3 Å². The first-order valence-electron chi connectivity index (χ1n) is 6.26. The van der Waals surface area contributed by atoms with E-state index in [-0.39, 0.29) is 5.91 Å². The standard InChI is InChI=1S/C14H13ClN2O2S/c1-9-12(14(18)17-6-7-20-8-17)13(16-19-9)10-4-2-3-5-11(10)15/h2-5H,6-8H2,1H3. The summed E-state index contributed by atoms with van der Waals surface area (Å²) in [6, 6.07) is 7.33. The number of hydrogen-bond donors (Lipinski definition) is 0. The molecule has 2 heterocycles. The minimum atomic E-state index is -0.0383. The largest absolute Gasteiger partial charge is 0.360 e. The van der Waals surface area contributed by atoms with Crippen molar-refractivity contribution in [1.29, 1.82) is 0 Å². The molecule has 1 aromatic carbocycles. The van der Waals surface area contributed by atoms with Gasteiger partial charge in [-0.05, 0) is 13.0 Å². The fourth-order valence-corrected chi connectivity index (χ4v) is 3.36. The van der Waals surface area contributed by atoms with Crippen LogP contribution >= 0.6 is 23.4 Å². The molecule has 104 valence electrons. The Morgan fingerprint density at radius 2 is 2.25 bits per heavy atom. The van der Waals surface area contributed by atoms with Gasteiger partial charge in [-0.3, -0.25) is 4.79 Å². The molecule has 0 bridgehead atoms. The van der Waals surface area contributed by atoms with Crippen molar-refractivity contribution in [1.82, 2.24) is 10.1 Å². The molecule has 20 heavy (non-hydrogen) atoms. The Hall–Kier alpha value is -1.46. The third-order valence-electron chi connectivity index (χ3n) is 3.25. The van der Waals surface area contributed by atoms with Crippen molar-refractivity contribution in [3.63, 3.8) is 0 Å². The minimum absolute atomic E-state index is 0.0383. The lowest BCUT2D eigenvalue weighted by Gasteiger charge is -2.14. The Bertz CT molecular complexity index is 650. The van der Waals surface area contributed by atoms with Gasteiger partial charge in [0, 0.05) is 17.9 Å². The molecule has 0 N–H and O–H groups in total. The Morgan fingerprint density at radius 3 is 2.95 bits per heavy atom. The van der Waals surface area contributed by atoms with Gasteiger partial charge in [0.25, 0.3) is 5.91 Å². The fraction of sp³-hybridized carbons (Fsp3) is 0.286. The third-order valence-corrected chi connectivity index (χ3v) is 4.54. The van der Waals surface area contributed by atoms with Crippen molar-refractivity contribution in [2.24, 2.45) is 0 Å². The second-order valence-corrected chi connectivity index (χ2v) is 6.03. The lowest BCUT2D eigenvalue weighted by atomic mass is 10.1. The maximum Gasteiger partial charge on any atom is 0.260 e. The van der Waals surface area contributed by atoms with Crippen molar-refractivity contribution < 1.29 is 9.32 Å². The molecule has 3 rings (SSSR count). The molecule has 6 heteroatoms. The highest BCUT2D eigenvalue weighted by Crippen LogP contribution is 2.32. The van der Waals surface area contributed by atoms with E-state index >= 15 is 0 Å². The van der Waals surface area contributed by atoms with Crippen LogP contribution in [0.25, 0.3) is 11.3 Å². The molecule has 1 aromatic heterocycles. The summed E-state index contributed by atoms with van der Waals surface area (Å²) in [4.78, 5) is 14.4. The molecule has 1 aliphatic rings. The predicted molar refractivity (Wildman–Crippen MR) is 80.0 cm³/mol. The highest BCUT2D eigenvalue weighted by molar-refractivity contribution is 7.99. The zero-order valence-corrected chi connectivity index (χ0v) is 12.5. The topological polar surface area (TPSA) is 46.3 Å². The van der Waals surface area contributed by atoms with Gasteiger partial charge < -0.3 is 9.42 Å². The monoisotopic (exact) mass is 308 g/mol. The zero-order valence-electron chi connectivity index (χ0n) is 10.9. The van der Waals surface area contributed by atoms with Crippen molar-refractivity contribution in [2.75, 3.05) is 18.2 Å². The molecule has 0 radical (unpaired) electrons. The van der Waals surface area contributed by atoms with Crippen LogP contribution in [0.4, 0.5) is 0 Å². The highest BCUT2D eigenvalue weighted by atomic mass is 35.5. The van der Waals surface area contributed by atoms with Crippen LogP contribution in [-0.4, -0.2) is 34.1 Å². The number of nitrogens with zero attached hydrogens (tertiary/aromatic N) is 2. The summed E-state index contributed by atoms with van der Waals surface area (Å²) < 4.78 is 5.22. The molecule has 0 spiro atoms. The number of rotatable bonds is 2. The van der Waals surface area contributed by atoms with Gasteiger partial charge in [-0.25, -0.2) is 0 Å². The van der Waals surface area contributed by atoms with Gasteiger partial charge in [-0.15, -0.1) is 11.8 Å². The third kappa shape index (κ3) is 2.31. The van der Waals surface area contributed by atoms with E-state index in [9.17, 15) is 4.79 Å². The van der Waals surface area contributed by atoms with Crippen LogP contribution in [0.15, 0.2) is 28.8 Å². The van der Waals surface area contributed by atoms with Gasteiger partial charge in [0.1, 0.15) is 17.0 Å². The van der Waals surface area contributed by atoms with Gasteiger partial charge in [-0.1, -0.05) is 35.0 Å². The average Bonchev–Trinajstić information content (AvgIpc) is 3.08. The maximum absolute atomic E-state index is 12.6. The number of benzene rings is 1. The van der Waals surface area contributed by atoms with E-state index in [1.165, 1.54) is 0 Å². The lowest BCUT2D eigenvalue weighted by Crippen LogP contribution is -2.28. The van der Waals surface area contributed by atoms with Crippen molar-refractivity contribution in [3.05, 3.63) is 40.6 Å². The van der Waals surface area contributed by atoms with Crippen molar-refractivity contribution in [2.45, 2.75) is 6.92 Å². The fourth-order valence-electron chi connectivity index (χ4n) is 2.19. The highest BCUT2D eigenvalue weighted by Gasteiger charge is 2.28. The van der Waals surface area contributed by atoms with E-state index in [0.29, 0.717) is 27.9 Å². The Kier molecular flexibility index (Phi) is 3.72. The second kappa shape index (κ2) is 5.50. The first kappa shape index (κ1) is 13.5. The van der Waals surface area contributed by atoms with Gasteiger partial charge in [0.15, 0.2) is 0 Å². The van der Waals surface area contributed by atoms with Gasteiger partial charge in [0.05, 0.1) is 10.9 Å². The van der Waals surface area contributed by atoms with E-state index in [1.807, 2.05) is 23.1 Å². The summed E-state index contributed by atoms with van der Waals surface area (Å²) in [5.74, 6) is 2.17. The molecule has 1 saturated heterocycles. The van der Waals surface area contributed by atoms with E-state index in [2.05, 4.69) is 5.16 Å². The van der Waals surface area contributed by atoms with Crippen LogP contribution in [0, 0.1) is 6.92 Å². The molecule has 4 nitrogen and oxygen atoms in total. The van der Waals surface area contributed by atoms with E-state index in [0.717, 1.165) is 17.9 Å². The van der Waals surface area contributed by atoms with Crippen LogP contribution in [0.3, 0.4) is 0 Å². The van der Waals surface area contributed by atoms with Gasteiger partial charge in [0.2, 0.25) is 0 Å². The molecule has 1 fully saturated rings. The zero-order chi connectivity index (χ0) is 14.1. The summed E-state index contributed by atoms with van der Waals surface area (Å²) in [5.41, 5.74) is 1.76. The van der Waals surface area contributed by atoms with E-state index in [1.54, 1.807) is 24.8 Å². The normalized spacial score (nSPS) is 14.8. The Balaban J connectivity index is 2.06. The van der Waals surface area contributed by atoms with Crippen molar-refractivity contribution in [3.8, 4) is 11.3 Å². The molecular weight excluding hydrogens is 296 g/mol. The molecule has 0 saturated carbocycles. The summed E-state index contributed by atoms with van der Waals surface area (Å²) in [5, 5.41) is 4.59. The number of thioether (sulfide) groups is 1. The van der Waals surface area contributed by atoms with Gasteiger partial charge >= 0.3 is 0 Å². The molecule has 1 amide bonds. The summed E-state index contributed by atoms with van der Waals surface area (Å²) in [6.45, 7) is 2.51. The molecule has 1 aliphatic heterocycles. The number of amides is 1. The number of halogens is 1. The molecule has 0 unspecified atom stereocenters. The van der Waals surface area contributed by atoms with Crippen LogP contribution in [0.1, 0.15) is 16.1 Å². The molecular formula is C14H13ClN2O2S. The second-order valence-electron chi connectivity index (χ2n) is 4.55. The summed E-state index contributed by atoms with van der Waals surface area (Å²) in [6.07, 6.45) is 0. The lowest BCUT2D eigenvalue weighted by molar-refractivity contribution is 0.0801. The summed E-state index contributed by atoms with van der Waals surface area (Å²) in [7, 11) is 0. The van der Waals surface area contributed by atoms with E-state index in [4.69, 9.17) is 16.1 Å². The first-order valence-corrected chi connectivity index (χ1v) is 7.80. The molecule has 0 aliphatic carbocycles. The van der Waals surface area contributed by atoms with Gasteiger partial charge in [-0.2, -0.15) is 0 Å². The Morgan fingerprint density at radius 1 is 1.45 bits per heavy atom. The average molecular weight is 309 g/mol. The minimum Gasteiger partial charge on any atom is -0.360 e. The smallest absolute Gasteiger partial charge is 0.260 e. The SMILES string of the molecule is Cc1onc(-c2ccccc2Cl)c1C(=O)N1CCSC1. The predicted octanol–water partition coefficient (Wildman–Crippen LogP) is 3.45. The van der Waals surface area contributed by atoms with Crippen LogP contribution in [-0.2, 0) is 0 Å². The van der Waals surface area contributed by atoms with Crippen LogP contribution in [0.2, 0.25) is 5.02 Å². The maximum atomic E-state index is 12.6.